The van der Waals surface area contributed by atoms with Crippen molar-refractivity contribution in [3.63, 3.8) is 0 Å². The predicted octanol–water partition coefficient (Wildman–Crippen LogP) is 3.47. The smallest absolute Gasteiger partial charge is 0.329 e. The standard InChI is InChI=1S/C14H12N4OS/c19-13(15-10-6-2-1-3-7-10)17-18-12-9-5-4-8-11(12)16-14(18)20/h1-9H,(H,16,20)(H2,15,17,19). The van der Waals surface area contributed by atoms with Crippen LogP contribution in [0.15, 0.2) is 54.6 Å². The fraction of sp³-hybridized carbons (Fsp3) is 0. The Balaban J connectivity index is 1.85. The highest BCUT2D eigenvalue weighted by atomic mass is 32.1. The van der Waals surface area contributed by atoms with Gasteiger partial charge in [-0.25, -0.2) is 14.9 Å². The van der Waals surface area contributed by atoms with Gasteiger partial charge in [-0.3, -0.25) is 0 Å². The van der Waals surface area contributed by atoms with Crippen LogP contribution in [-0.2, 0) is 0 Å². The third kappa shape index (κ3) is 2.41. The summed E-state index contributed by atoms with van der Waals surface area (Å²) in [5.41, 5.74) is 5.12. The van der Waals surface area contributed by atoms with E-state index in [9.17, 15) is 4.79 Å². The first-order valence-corrected chi connectivity index (χ1v) is 6.48. The Morgan fingerprint density at radius 3 is 2.55 bits per heavy atom. The topological polar surface area (TPSA) is 61.9 Å². The number of benzene rings is 2. The molecule has 0 fully saturated rings. The van der Waals surface area contributed by atoms with Crippen LogP contribution in [0.4, 0.5) is 10.5 Å². The van der Waals surface area contributed by atoms with Crippen molar-refractivity contribution < 1.29 is 4.79 Å². The van der Waals surface area contributed by atoms with Crippen LogP contribution in [0.3, 0.4) is 0 Å². The molecule has 0 atom stereocenters. The third-order valence-corrected chi connectivity index (χ3v) is 3.12. The number of carbonyl (C=O) groups excluding carboxylic acids is 1. The maximum atomic E-state index is 12.0. The van der Waals surface area contributed by atoms with E-state index in [-0.39, 0.29) is 6.03 Å². The molecule has 3 rings (SSSR count). The van der Waals surface area contributed by atoms with E-state index in [4.69, 9.17) is 12.2 Å². The number of anilines is 1. The van der Waals surface area contributed by atoms with Crippen LogP contribution in [-0.4, -0.2) is 15.7 Å². The van der Waals surface area contributed by atoms with Gasteiger partial charge in [0.1, 0.15) is 0 Å². The molecule has 0 radical (unpaired) electrons. The number of hydrogen-bond donors (Lipinski definition) is 3. The first-order valence-electron chi connectivity index (χ1n) is 6.07. The van der Waals surface area contributed by atoms with Crippen LogP contribution in [0.25, 0.3) is 11.0 Å². The summed E-state index contributed by atoms with van der Waals surface area (Å²) >= 11 is 5.20. The lowest BCUT2D eigenvalue weighted by Gasteiger charge is -2.08. The lowest BCUT2D eigenvalue weighted by Crippen LogP contribution is -2.27. The number of nitrogens with one attached hydrogen (secondary N) is 3. The lowest BCUT2D eigenvalue weighted by molar-refractivity contribution is 0.260. The number of H-pyrrole nitrogens is 1. The summed E-state index contributed by atoms with van der Waals surface area (Å²) in [6, 6.07) is 16.4. The zero-order valence-electron chi connectivity index (χ0n) is 10.5. The third-order valence-electron chi connectivity index (χ3n) is 2.83. The van der Waals surface area contributed by atoms with Crippen LogP contribution < -0.4 is 10.7 Å². The highest BCUT2D eigenvalue weighted by Crippen LogP contribution is 2.12. The van der Waals surface area contributed by atoms with Gasteiger partial charge in [0.25, 0.3) is 0 Å². The number of carbonyl (C=O) groups is 1. The molecule has 0 saturated heterocycles. The van der Waals surface area contributed by atoms with E-state index >= 15 is 0 Å². The normalized spacial score (nSPS) is 10.4. The molecule has 3 N–H and O–H groups in total. The molecule has 1 heterocycles. The molecule has 3 aromatic rings. The van der Waals surface area contributed by atoms with Gasteiger partial charge in [0.2, 0.25) is 0 Å². The Labute approximate surface area is 120 Å². The fourth-order valence-electron chi connectivity index (χ4n) is 1.95. The van der Waals surface area contributed by atoms with E-state index in [1.165, 1.54) is 0 Å². The number of aromatic nitrogens is 2. The number of rotatable bonds is 2. The molecule has 0 aliphatic heterocycles. The summed E-state index contributed by atoms with van der Waals surface area (Å²) in [6.45, 7) is 0. The quantitative estimate of drug-likeness (QED) is 0.631. The maximum absolute atomic E-state index is 12.0. The number of nitrogens with zero attached hydrogens (tertiary/aromatic N) is 1. The van der Waals surface area contributed by atoms with Crippen LogP contribution >= 0.6 is 12.2 Å². The molecule has 2 aromatic carbocycles. The van der Waals surface area contributed by atoms with E-state index in [0.29, 0.717) is 4.77 Å². The Bertz CT molecular complexity index is 807. The van der Waals surface area contributed by atoms with Crippen molar-refractivity contribution >= 4 is 35.0 Å². The molecule has 6 heteroatoms. The van der Waals surface area contributed by atoms with Crippen molar-refractivity contribution in [3.05, 3.63) is 59.4 Å². The van der Waals surface area contributed by atoms with Gasteiger partial charge in [0.05, 0.1) is 11.0 Å². The minimum atomic E-state index is -0.350. The van der Waals surface area contributed by atoms with E-state index < -0.39 is 0 Å². The minimum Gasteiger partial charge on any atom is -0.329 e. The number of amides is 2. The Kier molecular flexibility index (Phi) is 3.22. The highest BCUT2D eigenvalue weighted by molar-refractivity contribution is 7.71. The molecule has 0 aliphatic rings. The van der Waals surface area contributed by atoms with Gasteiger partial charge in [0.15, 0.2) is 4.77 Å². The van der Waals surface area contributed by atoms with Gasteiger partial charge in [-0.15, -0.1) is 0 Å². The van der Waals surface area contributed by atoms with E-state index in [0.717, 1.165) is 16.7 Å². The maximum Gasteiger partial charge on any atom is 0.338 e. The van der Waals surface area contributed by atoms with Gasteiger partial charge in [-0.2, -0.15) is 0 Å². The molecule has 0 saturated carbocycles. The van der Waals surface area contributed by atoms with Gasteiger partial charge in [-0.05, 0) is 36.5 Å². The number of para-hydroxylation sites is 3. The second-order valence-corrected chi connectivity index (χ2v) is 4.60. The highest BCUT2D eigenvalue weighted by Gasteiger charge is 2.07. The number of fused-ring (bicyclic) bond motifs is 1. The Morgan fingerprint density at radius 1 is 1.05 bits per heavy atom. The second kappa shape index (κ2) is 5.18. The monoisotopic (exact) mass is 284 g/mol. The molecule has 0 aliphatic carbocycles. The molecule has 100 valence electrons. The lowest BCUT2D eigenvalue weighted by atomic mass is 10.3. The average Bonchev–Trinajstić information content (AvgIpc) is 2.76. The molecule has 20 heavy (non-hydrogen) atoms. The van der Waals surface area contributed by atoms with E-state index in [1.54, 1.807) is 4.68 Å². The summed E-state index contributed by atoms with van der Waals surface area (Å²) in [7, 11) is 0. The SMILES string of the molecule is O=C(Nc1ccccc1)Nn1c(=S)[nH]c2ccccc21. The Hall–Kier alpha value is -2.60. The summed E-state index contributed by atoms with van der Waals surface area (Å²) in [5, 5.41) is 2.74. The van der Waals surface area contributed by atoms with Crippen molar-refractivity contribution in [2.75, 3.05) is 10.7 Å². The summed E-state index contributed by atoms with van der Waals surface area (Å²) in [5.74, 6) is 0. The molecule has 0 unspecified atom stereocenters. The van der Waals surface area contributed by atoms with Crippen molar-refractivity contribution in [2.24, 2.45) is 0 Å². The van der Waals surface area contributed by atoms with Crippen LogP contribution in [0.5, 0.6) is 0 Å². The van der Waals surface area contributed by atoms with Crippen molar-refractivity contribution in [3.8, 4) is 0 Å². The zero-order valence-corrected chi connectivity index (χ0v) is 11.3. The van der Waals surface area contributed by atoms with Gasteiger partial charge in [-0.1, -0.05) is 30.3 Å². The summed E-state index contributed by atoms with van der Waals surface area (Å²) < 4.78 is 1.98. The number of hydrogen-bond acceptors (Lipinski definition) is 2. The van der Waals surface area contributed by atoms with Gasteiger partial charge < -0.3 is 10.3 Å². The molecular formula is C14H12N4OS. The first-order chi connectivity index (χ1) is 9.74. The van der Waals surface area contributed by atoms with E-state index in [1.807, 2.05) is 54.6 Å². The first kappa shape index (κ1) is 12.4. The zero-order chi connectivity index (χ0) is 13.9. The molecule has 0 spiro atoms. The molecule has 0 bridgehead atoms. The molecule has 5 nitrogen and oxygen atoms in total. The van der Waals surface area contributed by atoms with E-state index in [2.05, 4.69) is 15.7 Å². The molecule has 2 amide bonds. The van der Waals surface area contributed by atoms with Crippen molar-refractivity contribution in [1.29, 1.82) is 0 Å². The Morgan fingerprint density at radius 2 is 1.75 bits per heavy atom. The van der Waals surface area contributed by atoms with Crippen molar-refractivity contribution in [1.82, 2.24) is 9.66 Å². The minimum absolute atomic E-state index is 0.350. The largest absolute Gasteiger partial charge is 0.338 e. The van der Waals surface area contributed by atoms with Crippen LogP contribution in [0.2, 0.25) is 0 Å². The predicted molar refractivity (Wildman–Crippen MR) is 81.9 cm³/mol. The number of urea groups is 1. The number of imidazole rings is 1. The second-order valence-electron chi connectivity index (χ2n) is 4.21. The van der Waals surface area contributed by atoms with Crippen LogP contribution in [0.1, 0.15) is 0 Å². The average molecular weight is 284 g/mol. The van der Waals surface area contributed by atoms with Crippen molar-refractivity contribution in [2.45, 2.75) is 0 Å². The molecular weight excluding hydrogens is 272 g/mol. The summed E-state index contributed by atoms with van der Waals surface area (Å²) in [6.07, 6.45) is 0. The van der Waals surface area contributed by atoms with Gasteiger partial charge in [0, 0.05) is 5.69 Å². The van der Waals surface area contributed by atoms with Gasteiger partial charge >= 0.3 is 6.03 Å². The molecule has 1 aromatic heterocycles. The number of aromatic amines is 1. The summed E-state index contributed by atoms with van der Waals surface area (Å²) in [4.78, 5) is 15.0. The fourth-order valence-corrected chi connectivity index (χ4v) is 2.20. The van der Waals surface area contributed by atoms with Crippen LogP contribution in [0, 0.1) is 4.77 Å².